The van der Waals surface area contributed by atoms with E-state index in [1.807, 2.05) is 31.2 Å². The molecule has 0 radical (unpaired) electrons. The van der Waals surface area contributed by atoms with Gasteiger partial charge in [-0.25, -0.2) is 4.98 Å². The molecule has 20 heavy (non-hydrogen) atoms. The van der Waals surface area contributed by atoms with E-state index in [2.05, 4.69) is 20.6 Å². The molecule has 0 fully saturated rings. The minimum absolute atomic E-state index is 0.157. The predicted octanol–water partition coefficient (Wildman–Crippen LogP) is 2.73. The minimum Gasteiger partial charge on any atom is -0.357 e. The second kappa shape index (κ2) is 5.96. The number of aromatic nitrogens is 2. The Bertz CT molecular complexity index is 630. The highest BCUT2D eigenvalue weighted by Gasteiger charge is 2.17. The first-order valence-electron chi connectivity index (χ1n) is 6.19. The molecule has 2 N–H and O–H groups in total. The molecule has 0 spiro atoms. The second-order valence-electron chi connectivity index (χ2n) is 4.07. The van der Waals surface area contributed by atoms with Crippen molar-refractivity contribution in [3.05, 3.63) is 46.1 Å². The summed E-state index contributed by atoms with van der Waals surface area (Å²) in [6.07, 6.45) is 2.01. The van der Waals surface area contributed by atoms with Gasteiger partial charge in [0.15, 0.2) is 0 Å². The van der Waals surface area contributed by atoms with Gasteiger partial charge in [-0.3, -0.25) is 10.1 Å². The number of benzene rings is 1. The molecule has 0 bridgehead atoms. The highest BCUT2D eigenvalue weighted by molar-refractivity contribution is 5.68. The van der Waals surface area contributed by atoms with E-state index >= 15 is 0 Å². The summed E-state index contributed by atoms with van der Waals surface area (Å²) in [5.41, 5.74) is 1.71. The fraction of sp³-hybridized carbons (Fsp3) is 0.231. The molecule has 2 aromatic rings. The average Bonchev–Trinajstić information content (AvgIpc) is 2.47. The Morgan fingerprint density at radius 3 is 2.75 bits per heavy atom. The molecule has 1 aromatic carbocycles. The molecule has 0 aliphatic carbocycles. The van der Waals surface area contributed by atoms with Gasteiger partial charge in [-0.1, -0.05) is 25.1 Å². The summed E-state index contributed by atoms with van der Waals surface area (Å²) in [5, 5.41) is 16.8. The van der Waals surface area contributed by atoms with Crippen molar-refractivity contribution in [3.8, 4) is 0 Å². The number of anilines is 3. The van der Waals surface area contributed by atoms with Crippen LogP contribution < -0.4 is 10.6 Å². The van der Waals surface area contributed by atoms with Gasteiger partial charge in [-0.15, -0.1) is 0 Å². The van der Waals surface area contributed by atoms with Crippen LogP contribution >= 0.6 is 0 Å². The van der Waals surface area contributed by atoms with Gasteiger partial charge in [0.1, 0.15) is 6.20 Å². The van der Waals surface area contributed by atoms with Crippen molar-refractivity contribution in [3.63, 3.8) is 0 Å². The van der Waals surface area contributed by atoms with Gasteiger partial charge >= 0.3 is 5.69 Å². The molecule has 0 aliphatic rings. The number of rotatable bonds is 5. The van der Waals surface area contributed by atoms with Crippen LogP contribution in [-0.2, 0) is 6.42 Å². The van der Waals surface area contributed by atoms with E-state index in [4.69, 9.17) is 0 Å². The van der Waals surface area contributed by atoms with E-state index in [-0.39, 0.29) is 11.5 Å². The van der Waals surface area contributed by atoms with Crippen molar-refractivity contribution in [2.75, 3.05) is 17.7 Å². The highest BCUT2D eigenvalue weighted by atomic mass is 16.6. The Kier molecular flexibility index (Phi) is 4.09. The van der Waals surface area contributed by atoms with Crippen LogP contribution in [0.2, 0.25) is 0 Å². The Labute approximate surface area is 116 Å². The first-order valence-corrected chi connectivity index (χ1v) is 6.19. The number of nitrogens with one attached hydrogen (secondary N) is 2. The van der Waals surface area contributed by atoms with Crippen molar-refractivity contribution >= 4 is 23.1 Å². The summed E-state index contributed by atoms with van der Waals surface area (Å²) in [4.78, 5) is 18.5. The monoisotopic (exact) mass is 273 g/mol. The lowest BCUT2D eigenvalue weighted by atomic mass is 10.1. The smallest absolute Gasteiger partial charge is 0.329 e. The first kappa shape index (κ1) is 13.7. The van der Waals surface area contributed by atoms with Crippen LogP contribution in [0.25, 0.3) is 0 Å². The number of hydrogen-bond acceptors (Lipinski definition) is 6. The zero-order valence-corrected chi connectivity index (χ0v) is 11.3. The molecule has 0 saturated carbocycles. The van der Waals surface area contributed by atoms with Crippen molar-refractivity contribution in [1.29, 1.82) is 0 Å². The number of aryl methyl sites for hydroxylation is 1. The molecular formula is C13H15N5O2. The van der Waals surface area contributed by atoms with E-state index in [1.54, 1.807) is 7.05 Å². The van der Waals surface area contributed by atoms with Crippen LogP contribution in [0.3, 0.4) is 0 Å². The van der Waals surface area contributed by atoms with Gasteiger partial charge in [0.2, 0.25) is 11.8 Å². The molecular weight excluding hydrogens is 258 g/mol. The molecule has 7 nitrogen and oxygen atoms in total. The zero-order chi connectivity index (χ0) is 14.5. The van der Waals surface area contributed by atoms with Gasteiger partial charge in [-0.2, -0.15) is 4.98 Å². The molecule has 104 valence electrons. The van der Waals surface area contributed by atoms with Crippen molar-refractivity contribution in [2.24, 2.45) is 0 Å². The van der Waals surface area contributed by atoms with E-state index in [9.17, 15) is 10.1 Å². The Morgan fingerprint density at radius 2 is 2.10 bits per heavy atom. The third-order valence-corrected chi connectivity index (χ3v) is 2.84. The first-order chi connectivity index (χ1) is 9.65. The molecule has 7 heteroatoms. The summed E-state index contributed by atoms with van der Waals surface area (Å²) >= 11 is 0. The molecule has 1 heterocycles. The maximum absolute atomic E-state index is 11.0. The van der Waals surface area contributed by atoms with E-state index in [1.165, 1.54) is 6.20 Å². The lowest BCUT2D eigenvalue weighted by Gasteiger charge is -2.10. The molecule has 0 unspecified atom stereocenters. The van der Waals surface area contributed by atoms with Gasteiger partial charge in [0.25, 0.3) is 0 Å². The van der Waals surface area contributed by atoms with Crippen LogP contribution in [0.5, 0.6) is 0 Å². The third kappa shape index (κ3) is 2.82. The molecule has 1 aromatic heterocycles. The average molecular weight is 273 g/mol. The maximum atomic E-state index is 11.0. The van der Waals surface area contributed by atoms with Crippen LogP contribution in [0.1, 0.15) is 12.5 Å². The number of para-hydroxylation sites is 1. The molecule has 0 atom stereocenters. The number of hydrogen-bond donors (Lipinski definition) is 2. The van der Waals surface area contributed by atoms with Gasteiger partial charge in [0, 0.05) is 12.7 Å². The van der Waals surface area contributed by atoms with Gasteiger partial charge in [0.05, 0.1) is 4.92 Å². The van der Waals surface area contributed by atoms with E-state index in [0.29, 0.717) is 5.95 Å². The van der Waals surface area contributed by atoms with Crippen LogP contribution in [0, 0.1) is 10.1 Å². The van der Waals surface area contributed by atoms with Crippen LogP contribution in [0.4, 0.5) is 23.1 Å². The standard InChI is InChI=1S/C13H15N5O2/c1-3-9-6-4-5-7-10(9)16-12-11(18(19)20)8-15-13(14-2)17-12/h4-8H,3H2,1-2H3,(H2,14,15,16,17). The van der Waals surface area contributed by atoms with E-state index < -0.39 is 4.92 Å². The van der Waals surface area contributed by atoms with Crippen molar-refractivity contribution in [1.82, 2.24) is 9.97 Å². The topological polar surface area (TPSA) is 93.0 Å². The lowest BCUT2D eigenvalue weighted by molar-refractivity contribution is -0.384. The Hall–Kier alpha value is -2.70. The molecule has 0 saturated heterocycles. The Morgan fingerprint density at radius 1 is 1.35 bits per heavy atom. The predicted molar refractivity (Wildman–Crippen MR) is 77.3 cm³/mol. The summed E-state index contributed by atoms with van der Waals surface area (Å²) in [6, 6.07) is 7.63. The zero-order valence-electron chi connectivity index (χ0n) is 11.3. The van der Waals surface area contributed by atoms with Crippen molar-refractivity contribution in [2.45, 2.75) is 13.3 Å². The maximum Gasteiger partial charge on any atom is 0.329 e. The van der Waals surface area contributed by atoms with Crippen LogP contribution in [0.15, 0.2) is 30.5 Å². The molecule has 0 amide bonds. The lowest BCUT2D eigenvalue weighted by Crippen LogP contribution is -2.05. The molecule has 0 aliphatic heterocycles. The van der Waals surface area contributed by atoms with E-state index in [0.717, 1.165) is 17.7 Å². The largest absolute Gasteiger partial charge is 0.357 e. The second-order valence-corrected chi connectivity index (χ2v) is 4.07. The summed E-state index contributed by atoms with van der Waals surface area (Å²) in [5.74, 6) is 0.502. The minimum atomic E-state index is -0.504. The summed E-state index contributed by atoms with van der Waals surface area (Å²) in [7, 11) is 1.66. The number of nitro groups is 1. The summed E-state index contributed by atoms with van der Waals surface area (Å²) in [6.45, 7) is 2.02. The fourth-order valence-corrected chi connectivity index (χ4v) is 1.80. The normalized spacial score (nSPS) is 10.1. The number of nitrogens with zero attached hydrogens (tertiary/aromatic N) is 3. The van der Waals surface area contributed by atoms with Crippen LogP contribution in [-0.4, -0.2) is 21.9 Å². The SMILES string of the molecule is CCc1ccccc1Nc1nc(NC)ncc1[N+](=O)[O-]. The molecule has 2 rings (SSSR count). The van der Waals surface area contributed by atoms with Gasteiger partial charge in [-0.05, 0) is 18.1 Å². The Balaban J connectivity index is 2.43. The highest BCUT2D eigenvalue weighted by Crippen LogP contribution is 2.27. The van der Waals surface area contributed by atoms with Gasteiger partial charge < -0.3 is 10.6 Å². The third-order valence-electron chi connectivity index (χ3n) is 2.84. The summed E-state index contributed by atoms with van der Waals surface area (Å²) < 4.78 is 0. The fourth-order valence-electron chi connectivity index (χ4n) is 1.80. The van der Waals surface area contributed by atoms with Crippen molar-refractivity contribution < 1.29 is 4.92 Å². The quantitative estimate of drug-likeness (QED) is 0.642.